The van der Waals surface area contributed by atoms with E-state index in [-0.39, 0.29) is 22.8 Å². The van der Waals surface area contributed by atoms with Crippen molar-refractivity contribution in [3.63, 3.8) is 0 Å². The van der Waals surface area contributed by atoms with Gasteiger partial charge in [0.05, 0.1) is 0 Å². The van der Waals surface area contributed by atoms with Crippen molar-refractivity contribution in [2.24, 2.45) is 0 Å². The van der Waals surface area contributed by atoms with E-state index in [0.29, 0.717) is 37.2 Å². The molecule has 0 fully saturated rings. The van der Waals surface area contributed by atoms with E-state index in [1.807, 2.05) is 17.2 Å². The molecular formula is C24H23FN4O2. The van der Waals surface area contributed by atoms with Crippen molar-refractivity contribution in [1.82, 2.24) is 14.9 Å². The van der Waals surface area contributed by atoms with Crippen LogP contribution in [-0.2, 0) is 11.2 Å². The van der Waals surface area contributed by atoms with Crippen LogP contribution in [0.1, 0.15) is 40.8 Å². The molecule has 0 saturated heterocycles. The summed E-state index contributed by atoms with van der Waals surface area (Å²) in [6.07, 6.45) is 5.46. The molecule has 4 rings (SSSR count). The Bertz CT molecular complexity index is 1310. The molecule has 1 aliphatic heterocycles. The van der Waals surface area contributed by atoms with Crippen LogP contribution in [0.3, 0.4) is 0 Å². The summed E-state index contributed by atoms with van der Waals surface area (Å²) in [6, 6.07) is 6.66. The van der Waals surface area contributed by atoms with Crippen molar-refractivity contribution in [2.45, 2.75) is 33.1 Å². The number of hydrogen-bond acceptors (Lipinski definition) is 3. The van der Waals surface area contributed by atoms with E-state index < -0.39 is 0 Å². The Balaban J connectivity index is 1.45. The first kappa shape index (κ1) is 20.6. The number of aromatic amines is 2. The van der Waals surface area contributed by atoms with Gasteiger partial charge in [-0.25, -0.2) is 4.39 Å². The Morgan fingerprint density at radius 3 is 2.84 bits per heavy atom. The highest BCUT2D eigenvalue weighted by Gasteiger charge is 2.20. The highest BCUT2D eigenvalue weighted by Crippen LogP contribution is 2.30. The lowest BCUT2D eigenvalue weighted by atomic mass is 9.97. The molecule has 0 bridgehead atoms. The first-order chi connectivity index (χ1) is 14.9. The molecule has 1 aliphatic rings. The Labute approximate surface area is 179 Å². The third kappa shape index (κ3) is 3.89. The highest BCUT2D eigenvalue weighted by molar-refractivity contribution is 5.93. The normalized spacial score (nSPS) is 13.9. The van der Waals surface area contributed by atoms with Gasteiger partial charge in [-0.05, 0) is 61.6 Å². The summed E-state index contributed by atoms with van der Waals surface area (Å²) in [5.74, 6) is -0.232. The van der Waals surface area contributed by atoms with E-state index in [1.165, 1.54) is 12.1 Å². The van der Waals surface area contributed by atoms with Crippen LogP contribution in [0.25, 0.3) is 16.5 Å². The predicted octanol–water partition coefficient (Wildman–Crippen LogP) is 3.73. The van der Waals surface area contributed by atoms with E-state index in [4.69, 9.17) is 0 Å². The summed E-state index contributed by atoms with van der Waals surface area (Å²) in [7, 11) is 0. The van der Waals surface area contributed by atoms with Gasteiger partial charge in [0, 0.05) is 47.9 Å². The Kier molecular flexibility index (Phi) is 5.47. The zero-order valence-electron chi connectivity index (χ0n) is 17.5. The van der Waals surface area contributed by atoms with Gasteiger partial charge in [-0.15, -0.1) is 0 Å². The van der Waals surface area contributed by atoms with Gasteiger partial charge in [0.2, 0.25) is 5.91 Å². The molecule has 6 nitrogen and oxygen atoms in total. The van der Waals surface area contributed by atoms with Crippen molar-refractivity contribution in [1.29, 1.82) is 5.26 Å². The Morgan fingerprint density at radius 1 is 1.32 bits per heavy atom. The molecule has 0 radical (unpaired) electrons. The van der Waals surface area contributed by atoms with E-state index >= 15 is 0 Å². The van der Waals surface area contributed by atoms with E-state index in [0.717, 1.165) is 34.0 Å². The Hall–Kier alpha value is -3.66. The van der Waals surface area contributed by atoms with Crippen molar-refractivity contribution >= 4 is 22.4 Å². The van der Waals surface area contributed by atoms with Gasteiger partial charge in [-0.2, -0.15) is 5.26 Å². The van der Waals surface area contributed by atoms with Crippen molar-refractivity contribution in [3.8, 4) is 6.07 Å². The zero-order chi connectivity index (χ0) is 22.1. The molecule has 0 aliphatic carbocycles. The number of amides is 1. The molecular weight excluding hydrogens is 395 g/mol. The van der Waals surface area contributed by atoms with Crippen molar-refractivity contribution < 1.29 is 9.18 Å². The van der Waals surface area contributed by atoms with Crippen LogP contribution < -0.4 is 5.56 Å². The quantitative estimate of drug-likeness (QED) is 0.676. The summed E-state index contributed by atoms with van der Waals surface area (Å²) < 4.78 is 13.4. The lowest BCUT2D eigenvalue weighted by Crippen LogP contribution is -2.34. The molecule has 0 saturated carbocycles. The maximum absolute atomic E-state index is 13.4. The van der Waals surface area contributed by atoms with Gasteiger partial charge in [0.1, 0.15) is 17.4 Å². The number of carbonyl (C=O) groups excluding carboxylic acids is 1. The fourth-order valence-electron chi connectivity index (χ4n) is 4.31. The van der Waals surface area contributed by atoms with Crippen LogP contribution in [0.15, 0.2) is 35.3 Å². The number of carbonyl (C=O) groups is 1. The van der Waals surface area contributed by atoms with Crippen LogP contribution >= 0.6 is 0 Å². The number of halogens is 1. The zero-order valence-corrected chi connectivity index (χ0v) is 17.5. The first-order valence-electron chi connectivity index (χ1n) is 10.2. The molecule has 1 aromatic carbocycles. The summed E-state index contributed by atoms with van der Waals surface area (Å²) >= 11 is 0. The second kappa shape index (κ2) is 8.23. The predicted molar refractivity (Wildman–Crippen MR) is 117 cm³/mol. The number of rotatable bonds is 4. The maximum atomic E-state index is 13.4. The fourth-order valence-corrected chi connectivity index (χ4v) is 4.31. The van der Waals surface area contributed by atoms with Crippen LogP contribution in [0, 0.1) is 31.0 Å². The lowest BCUT2D eigenvalue weighted by molar-refractivity contribution is -0.130. The number of H-pyrrole nitrogens is 2. The molecule has 0 atom stereocenters. The minimum Gasteiger partial charge on any atom is -0.360 e. The lowest BCUT2D eigenvalue weighted by Gasteiger charge is -2.27. The van der Waals surface area contributed by atoms with Crippen LogP contribution in [0.4, 0.5) is 4.39 Å². The van der Waals surface area contributed by atoms with Gasteiger partial charge in [0.15, 0.2) is 0 Å². The van der Waals surface area contributed by atoms with Gasteiger partial charge in [-0.1, -0.05) is 6.08 Å². The number of aromatic nitrogens is 2. The summed E-state index contributed by atoms with van der Waals surface area (Å²) in [5.41, 5.74) is 4.87. The number of benzene rings is 1. The third-order valence-corrected chi connectivity index (χ3v) is 6.06. The number of hydrogen-bond donors (Lipinski definition) is 2. The molecule has 7 heteroatoms. The Morgan fingerprint density at radius 2 is 2.13 bits per heavy atom. The van der Waals surface area contributed by atoms with Crippen LogP contribution in [0.5, 0.6) is 0 Å². The van der Waals surface area contributed by atoms with Crippen molar-refractivity contribution in [2.75, 3.05) is 13.1 Å². The molecule has 3 heterocycles. The molecule has 2 aromatic heterocycles. The van der Waals surface area contributed by atoms with Gasteiger partial charge >= 0.3 is 0 Å². The molecule has 31 heavy (non-hydrogen) atoms. The molecule has 1 amide bonds. The van der Waals surface area contributed by atoms with Crippen molar-refractivity contribution in [3.05, 3.63) is 74.6 Å². The monoisotopic (exact) mass is 418 g/mol. The summed E-state index contributed by atoms with van der Waals surface area (Å²) in [5, 5.41) is 10.2. The van der Waals surface area contributed by atoms with Gasteiger partial charge in [0.25, 0.3) is 5.56 Å². The third-order valence-electron chi connectivity index (χ3n) is 6.06. The van der Waals surface area contributed by atoms with Gasteiger partial charge < -0.3 is 14.9 Å². The molecule has 158 valence electrons. The number of fused-ring (bicyclic) bond motifs is 1. The average Bonchev–Trinajstić information content (AvgIpc) is 3.16. The number of nitrogens with one attached hydrogen (secondary N) is 2. The largest absolute Gasteiger partial charge is 0.360 e. The standard InChI is InChI=1S/C24H23FN4O2/c1-14-18(15(2)28-24(31)20(14)12-26)5-6-23(30)29-9-7-16(8-10-29)21-13-27-22-11-17(25)3-4-19(21)22/h3-4,7,11,13,27H,5-6,8-10H2,1-2H3,(H,28,31). The SMILES string of the molecule is Cc1[nH]c(=O)c(C#N)c(C)c1CCC(=O)N1CC=C(c2c[nH]c3cc(F)ccc23)CC1. The van der Waals surface area contributed by atoms with E-state index in [9.17, 15) is 19.2 Å². The number of pyridine rings is 1. The number of nitrogens with zero attached hydrogens (tertiary/aromatic N) is 2. The number of aryl methyl sites for hydroxylation is 1. The van der Waals surface area contributed by atoms with Crippen LogP contribution in [-0.4, -0.2) is 33.9 Å². The molecule has 0 spiro atoms. The topological polar surface area (TPSA) is 92.8 Å². The second-order valence-corrected chi connectivity index (χ2v) is 7.88. The summed E-state index contributed by atoms with van der Waals surface area (Å²) in [4.78, 5) is 32.3. The molecule has 0 unspecified atom stereocenters. The highest BCUT2D eigenvalue weighted by atomic mass is 19.1. The molecule has 2 N–H and O–H groups in total. The van der Waals surface area contributed by atoms with Crippen LogP contribution in [0.2, 0.25) is 0 Å². The minimum absolute atomic E-state index is 0.0415. The summed E-state index contributed by atoms with van der Waals surface area (Å²) in [6.45, 7) is 4.68. The second-order valence-electron chi connectivity index (χ2n) is 7.88. The maximum Gasteiger partial charge on any atom is 0.266 e. The molecule has 3 aromatic rings. The fraction of sp³-hybridized carbons (Fsp3) is 0.292. The van der Waals surface area contributed by atoms with Gasteiger partial charge in [-0.3, -0.25) is 9.59 Å². The smallest absolute Gasteiger partial charge is 0.266 e. The number of nitriles is 1. The van der Waals surface area contributed by atoms with E-state index in [2.05, 4.69) is 16.0 Å². The van der Waals surface area contributed by atoms with E-state index in [1.54, 1.807) is 19.9 Å². The average molecular weight is 418 g/mol. The first-order valence-corrected chi connectivity index (χ1v) is 10.2. The minimum atomic E-state index is -0.388.